The summed E-state index contributed by atoms with van der Waals surface area (Å²) in [4.78, 5) is 19.2. The number of hydrogen-bond acceptors (Lipinski definition) is 8. The summed E-state index contributed by atoms with van der Waals surface area (Å²) in [5.74, 6) is -1.16. The lowest BCUT2D eigenvalue weighted by Gasteiger charge is -2.15. The van der Waals surface area contributed by atoms with Gasteiger partial charge in [0.15, 0.2) is 35.4 Å². The zero-order valence-electron chi connectivity index (χ0n) is 17.2. The first-order valence-electron chi connectivity index (χ1n) is 9.08. The van der Waals surface area contributed by atoms with Crippen LogP contribution in [0.15, 0.2) is 36.4 Å². The Labute approximate surface area is 180 Å². The summed E-state index contributed by atoms with van der Waals surface area (Å²) in [5.41, 5.74) is 4.59. The van der Waals surface area contributed by atoms with E-state index in [1.165, 1.54) is 33.5 Å². The van der Waals surface area contributed by atoms with Gasteiger partial charge in [-0.2, -0.15) is 13.2 Å². The van der Waals surface area contributed by atoms with Gasteiger partial charge in [-0.15, -0.1) is 0 Å². The van der Waals surface area contributed by atoms with Gasteiger partial charge in [0.2, 0.25) is 5.82 Å². The standard InChI is InChI=1S/C20H19F3N4O5/c1-29-13-6-4-5-7-14(13)32-10-17(28)26-27-18-11-8-15(30-2)16(31-3)9-12(11)24-19(25-18)20(21,22)23/h4-9H,10H2,1-3H3,(H,26,28)(H,24,25,27). The maximum absolute atomic E-state index is 13.3. The van der Waals surface area contributed by atoms with Gasteiger partial charge < -0.3 is 18.9 Å². The van der Waals surface area contributed by atoms with Crippen LogP contribution in [0.4, 0.5) is 19.0 Å². The Morgan fingerprint density at radius 1 is 0.938 bits per heavy atom. The number of methoxy groups -OCH3 is 3. The predicted octanol–water partition coefficient (Wildman–Crippen LogP) is 3.20. The number of alkyl halides is 3. The number of carbonyl (C=O) groups excluding carboxylic acids is 1. The first kappa shape index (κ1) is 22.7. The van der Waals surface area contributed by atoms with Gasteiger partial charge in [-0.05, 0) is 18.2 Å². The quantitative estimate of drug-likeness (QED) is 0.503. The molecule has 0 spiro atoms. The number of hydrogen-bond donors (Lipinski definition) is 2. The molecule has 3 aromatic rings. The van der Waals surface area contributed by atoms with Crippen LogP contribution in [0.3, 0.4) is 0 Å². The van der Waals surface area contributed by atoms with E-state index in [-0.39, 0.29) is 28.2 Å². The maximum Gasteiger partial charge on any atom is 0.451 e. The van der Waals surface area contributed by atoms with Crippen molar-refractivity contribution in [3.05, 3.63) is 42.2 Å². The highest BCUT2D eigenvalue weighted by molar-refractivity contribution is 5.92. The van der Waals surface area contributed by atoms with Crippen molar-refractivity contribution in [1.29, 1.82) is 0 Å². The van der Waals surface area contributed by atoms with Crippen molar-refractivity contribution in [2.45, 2.75) is 6.18 Å². The van der Waals surface area contributed by atoms with E-state index in [0.717, 1.165) is 0 Å². The molecule has 0 bridgehead atoms. The Hall–Kier alpha value is -3.96. The molecule has 12 heteroatoms. The van der Waals surface area contributed by atoms with Gasteiger partial charge in [0, 0.05) is 11.5 Å². The van der Waals surface area contributed by atoms with E-state index in [4.69, 9.17) is 18.9 Å². The minimum atomic E-state index is -4.81. The summed E-state index contributed by atoms with van der Waals surface area (Å²) < 4.78 is 60.6. The molecule has 0 atom stereocenters. The lowest BCUT2D eigenvalue weighted by molar-refractivity contribution is -0.144. The second-order valence-corrected chi connectivity index (χ2v) is 6.23. The molecule has 1 amide bonds. The van der Waals surface area contributed by atoms with E-state index in [0.29, 0.717) is 11.5 Å². The fraction of sp³-hybridized carbons (Fsp3) is 0.250. The van der Waals surface area contributed by atoms with E-state index in [1.54, 1.807) is 24.3 Å². The molecule has 0 radical (unpaired) electrons. The molecule has 0 aliphatic carbocycles. The number of hydrazine groups is 1. The molecule has 2 aromatic carbocycles. The highest BCUT2D eigenvalue weighted by Crippen LogP contribution is 2.36. The fourth-order valence-electron chi connectivity index (χ4n) is 2.72. The molecule has 9 nitrogen and oxygen atoms in total. The van der Waals surface area contributed by atoms with Crippen molar-refractivity contribution in [2.24, 2.45) is 0 Å². The molecule has 2 N–H and O–H groups in total. The molecule has 0 fully saturated rings. The third kappa shape index (κ3) is 5.02. The van der Waals surface area contributed by atoms with Crippen LogP contribution >= 0.6 is 0 Å². The Balaban J connectivity index is 1.84. The van der Waals surface area contributed by atoms with E-state index in [1.807, 2.05) is 0 Å². The SMILES string of the molecule is COc1cc2nc(C(F)(F)F)nc(NNC(=O)COc3ccccc3OC)c2cc1OC. The van der Waals surface area contributed by atoms with Gasteiger partial charge in [0.25, 0.3) is 5.91 Å². The first-order valence-corrected chi connectivity index (χ1v) is 9.08. The zero-order chi connectivity index (χ0) is 23.3. The number of halogens is 3. The first-order chi connectivity index (χ1) is 15.3. The van der Waals surface area contributed by atoms with Crippen LogP contribution in [0.5, 0.6) is 23.0 Å². The van der Waals surface area contributed by atoms with Crippen LogP contribution in [0, 0.1) is 0 Å². The molecule has 0 aliphatic rings. The van der Waals surface area contributed by atoms with Crippen molar-refractivity contribution in [3.63, 3.8) is 0 Å². The third-order valence-corrected chi connectivity index (χ3v) is 4.20. The van der Waals surface area contributed by atoms with Crippen LogP contribution in [0.1, 0.15) is 5.82 Å². The average Bonchev–Trinajstić information content (AvgIpc) is 2.79. The fourth-order valence-corrected chi connectivity index (χ4v) is 2.72. The second-order valence-electron chi connectivity index (χ2n) is 6.23. The van der Waals surface area contributed by atoms with Gasteiger partial charge >= 0.3 is 6.18 Å². The number of fused-ring (bicyclic) bond motifs is 1. The molecular weight excluding hydrogens is 433 g/mol. The van der Waals surface area contributed by atoms with E-state index in [2.05, 4.69) is 20.8 Å². The molecule has 0 aliphatic heterocycles. The van der Waals surface area contributed by atoms with Crippen molar-refractivity contribution in [1.82, 2.24) is 15.4 Å². The number of nitrogens with one attached hydrogen (secondary N) is 2. The van der Waals surface area contributed by atoms with Crippen molar-refractivity contribution < 1.29 is 36.9 Å². The molecule has 170 valence electrons. The summed E-state index contributed by atoms with van der Waals surface area (Å²) >= 11 is 0. The summed E-state index contributed by atoms with van der Waals surface area (Å²) in [7, 11) is 4.17. The number of para-hydroxylation sites is 2. The molecule has 3 rings (SSSR count). The van der Waals surface area contributed by atoms with Gasteiger partial charge in [-0.25, -0.2) is 9.97 Å². The topological polar surface area (TPSA) is 104 Å². The number of ether oxygens (including phenoxy) is 4. The predicted molar refractivity (Wildman–Crippen MR) is 108 cm³/mol. The Kier molecular flexibility index (Phi) is 6.71. The van der Waals surface area contributed by atoms with E-state index in [9.17, 15) is 18.0 Å². The smallest absolute Gasteiger partial charge is 0.451 e. The van der Waals surface area contributed by atoms with Crippen LogP contribution in [0.25, 0.3) is 10.9 Å². The molecular formula is C20H19F3N4O5. The Morgan fingerprint density at radius 3 is 2.19 bits per heavy atom. The van der Waals surface area contributed by atoms with Gasteiger partial charge in [0.05, 0.1) is 26.8 Å². The number of carbonyl (C=O) groups is 1. The van der Waals surface area contributed by atoms with Crippen molar-refractivity contribution in [3.8, 4) is 23.0 Å². The number of anilines is 1. The summed E-state index contributed by atoms with van der Waals surface area (Å²) in [6.45, 7) is -0.431. The Morgan fingerprint density at radius 2 is 1.56 bits per heavy atom. The van der Waals surface area contributed by atoms with Crippen molar-refractivity contribution in [2.75, 3.05) is 33.4 Å². The molecule has 0 saturated heterocycles. The summed E-state index contributed by atoms with van der Waals surface area (Å²) in [6, 6.07) is 9.36. The monoisotopic (exact) mass is 452 g/mol. The maximum atomic E-state index is 13.3. The minimum absolute atomic E-state index is 0.0630. The highest BCUT2D eigenvalue weighted by Gasteiger charge is 2.36. The number of aromatic nitrogens is 2. The average molecular weight is 452 g/mol. The van der Waals surface area contributed by atoms with Crippen LogP contribution in [-0.4, -0.2) is 43.8 Å². The van der Waals surface area contributed by atoms with E-state index >= 15 is 0 Å². The molecule has 1 heterocycles. The summed E-state index contributed by atoms with van der Waals surface area (Å²) in [6.07, 6.45) is -4.81. The Bertz CT molecular complexity index is 1120. The number of nitrogens with zero attached hydrogens (tertiary/aromatic N) is 2. The number of amides is 1. The normalized spacial score (nSPS) is 11.1. The zero-order valence-corrected chi connectivity index (χ0v) is 17.2. The van der Waals surface area contributed by atoms with Gasteiger partial charge in [0.1, 0.15) is 0 Å². The molecule has 1 aromatic heterocycles. The minimum Gasteiger partial charge on any atom is -0.493 e. The van der Waals surface area contributed by atoms with Crippen molar-refractivity contribution >= 4 is 22.6 Å². The van der Waals surface area contributed by atoms with E-state index < -0.39 is 24.5 Å². The number of benzene rings is 2. The molecule has 0 unspecified atom stereocenters. The van der Waals surface area contributed by atoms with Crippen LogP contribution < -0.4 is 29.8 Å². The van der Waals surface area contributed by atoms with Gasteiger partial charge in [-0.1, -0.05) is 12.1 Å². The molecule has 32 heavy (non-hydrogen) atoms. The lowest BCUT2D eigenvalue weighted by atomic mass is 10.2. The molecule has 0 saturated carbocycles. The third-order valence-electron chi connectivity index (χ3n) is 4.20. The summed E-state index contributed by atoms with van der Waals surface area (Å²) in [5, 5.41) is 0.168. The van der Waals surface area contributed by atoms with Gasteiger partial charge in [-0.3, -0.25) is 15.6 Å². The second kappa shape index (κ2) is 9.45. The van der Waals surface area contributed by atoms with Crippen LogP contribution in [0.2, 0.25) is 0 Å². The lowest BCUT2D eigenvalue weighted by Crippen LogP contribution is -2.34. The number of rotatable bonds is 8. The van der Waals surface area contributed by atoms with Crippen LogP contribution in [-0.2, 0) is 11.0 Å². The largest absolute Gasteiger partial charge is 0.493 e. The highest BCUT2D eigenvalue weighted by atomic mass is 19.4.